The Labute approximate surface area is 166 Å². The van der Waals surface area contributed by atoms with Crippen LogP contribution in [0.1, 0.15) is 18.2 Å². The molecule has 11 heteroatoms. The second-order valence-electron chi connectivity index (χ2n) is 7.05. The minimum absolute atomic E-state index is 0.0130. The summed E-state index contributed by atoms with van der Waals surface area (Å²) in [7, 11) is 0. The van der Waals surface area contributed by atoms with Crippen LogP contribution in [0.2, 0.25) is 0 Å². The van der Waals surface area contributed by atoms with E-state index in [9.17, 15) is 4.79 Å². The molecule has 3 aromatic heterocycles. The maximum atomic E-state index is 12.9. The van der Waals surface area contributed by atoms with Gasteiger partial charge in [-0.1, -0.05) is 0 Å². The van der Waals surface area contributed by atoms with Crippen LogP contribution in [0.5, 0.6) is 0 Å². The molecule has 0 spiro atoms. The van der Waals surface area contributed by atoms with Gasteiger partial charge in [0.1, 0.15) is 24.5 Å². The third-order valence-corrected chi connectivity index (χ3v) is 5.29. The first-order valence-corrected chi connectivity index (χ1v) is 9.55. The molecule has 0 bridgehead atoms. The van der Waals surface area contributed by atoms with Gasteiger partial charge in [0.25, 0.3) is 0 Å². The molecular weight excluding hydrogens is 374 g/mol. The lowest BCUT2D eigenvalue weighted by atomic mass is 10.1. The van der Waals surface area contributed by atoms with Crippen molar-refractivity contribution in [3.8, 4) is 5.82 Å². The maximum absolute atomic E-state index is 12.9. The molecule has 29 heavy (non-hydrogen) atoms. The second kappa shape index (κ2) is 7.60. The number of rotatable bonds is 4. The predicted molar refractivity (Wildman–Crippen MR) is 102 cm³/mol. The van der Waals surface area contributed by atoms with Gasteiger partial charge in [-0.3, -0.25) is 4.79 Å². The maximum Gasteiger partial charge on any atom is 0.241 e. The normalized spacial score (nSPS) is 22.2. The number of amides is 1. The van der Waals surface area contributed by atoms with E-state index in [1.807, 2.05) is 29.2 Å². The van der Waals surface area contributed by atoms with Gasteiger partial charge in [-0.15, -0.1) is 10.2 Å². The number of hydrogen-bond acceptors (Lipinski definition) is 9. The molecule has 2 N–H and O–H groups in total. The third kappa shape index (κ3) is 3.57. The summed E-state index contributed by atoms with van der Waals surface area (Å²) in [6.07, 6.45) is 5.35. The number of hydrazine groups is 1. The molecular formula is C18H21N9O2. The fraction of sp³-hybridized carbons (Fsp3) is 0.389. The minimum Gasteiger partial charge on any atom is -0.468 e. The van der Waals surface area contributed by atoms with Crippen molar-refractivity contribution in [2.24, 2.45) is 0 Å². The van der Waals surface area contributed by atoms with Gasteiger partial charge in [-0.05, 0) is 30.7 Å². The molecule has 0 aromatic carbocycles. The molecule has 2 unspecified atom stereocenters. The SMILES string of the molecule is O=C(C1CC(c2ccco2)NN1)N1CCN(c2ccc(-n3cncn3)nn2)CC1. The average Bonchev–Trinajstić information content (AvgIpc) is 3.55. The van der Waals surface area contributed by atoms with Gasteiger partial charge < -0.3 is 14.2 Å². The first-order chi connectivity index (χ1) is 14.3. The van der Waals surface area contributed by atoms with Crippen LogP contribution in [0.25, 0.3) is 5.82 Å². The smallest absolute Gasteiger partial charge is 0.241 e. The van der Waals surface area contributed by atoms with Crippen LogP contribution < -0.4 is 15.8 Å². The number of carbonyl (C=O) groups excluding carboxylic acids is 1. The summed E-state index contributed by atoms with van der Waals surface area (Å²) < 4.78 is 6.99. The highest BCUT2D eigenvalue weighted by molar-refractivity contribution is 5.82. The molecule has 3 aromatic rings. The van der Waals surface area contributed by atoms with Crippen LogP contribution in [0.4, 0.5) is 5.82 Å². The first-order valence-electron chi connectivity index (χ1n) is 9.55. The summed E-state index contributed by atoms with van der Waals surface area (Å²) in [5.41, 5.74) is 6.25. The van der Waals surface area contributed by atoms with E-state index >= 15 is 0 Å². The topological polar surface area (TPSA) is 117 Å². The number of anilines is 1. The van der Waals surface area contributed by atoms with Crippen molar-refractivity contribution >= 4 is 11.7 Å². The Morgan fingerprint density at radius 3 is 2.59 bits per heavy atom. The zero-order chi connectivity index (χ0) is 19.6. The van der Waals surface area contributed by atoms with Gasteiger partial charge in [-0.2, -0.15) is 5.10 Å². The van der Waals surface area contributed by atoms with Crippen LogP contribution in [-0.2, 0) is 4.79 Å². The molecule has 1 amide bonds. The standard InChI is InChI=1S/C18H21N9O2/c28-18(14-10-13(21-22-14)15-2-1-9-29-15)26-7-5-25(6-8-26)16-3-4-17(24-23-16)27-12-19-11-20-27/h1-4,9,11-14,21-22H,5-8,10H2. The number of aromatic nitrogens is 5. The number of carbonyl (C=O) groups is 1. The summed E-state index contributed by atoms with van der Waals surface area (Å²) in [5, 5.41) is 12.5. The summed E-state index contributed by atoms with van der Waals surface area (Å²) in [6, 6.07) is 7.31. The Bertz CT molecular complexity index is 934. The zero-order valence-corrected chi connectivity index (χ0v) is 15.7. The van der Waals surface area contributed by atoms with Crippen LogP contribution in [-0.4, -0.2) is 68.0 Å². The molecule has 2 saturated heterocycles. The van der Waals surface area contributed by atoms with Crippen molar-refractivity contribution in [1.29, 1.82) is 0 Å². The molecule has 2 atom stereocenters. The fourth-order valence-electron chi connectivity index (χ4n) is 3.71. The molecule has 0 aliphatic carbocycles. The highest BCUT2D eigenvalue weighted by Crippen LogP contribution is 2.24. The number of piperazine rings is 1. The van der Waals surface area contributed by atoms with E-state index in [-0.39, 0.29) is 18.0 Å². The van der Waals surface area contributed by atoms with Crippen LogP contribution in [0.3, 0.4) is 0 Å². The average molecular weight is 395 g/mol. The predicted octanol–water partition coefficient (Wildman–Crippen LogP) is -0.0933. The molecule has 2 fully saturated rings. The molecule has 150 valence electrons. The molecule has 2 aliphatic heterocycles. The van der Waals surface area contributed by atoms with Crippen LogP contribution in [0, 0.1) is 0 Å². The van der Waals surface area contributed by atoms with Gasteiger partial charge in [0.2, 0.25) is 5.91 Å². The van der Waals surface area contributed by atoms with E-state index in [0.717, 1.165) is 11.6 Å². The van der Waals surface area contributed by atoms with Gasteiger partial charge in [0.15, 0.2) is 11.6 Å². The summed E-state index contributed by atoms with van der Waals surface area (Å²) in [6.45, 7) is 2.72. The van der Waals surface area contributed by atoms with Gasteiger partial charge in [0, 0.05) is 26.2 Å². The Balaban J connectivity index is 1.16. The van der Waals surface area contributed by atoms with Crippen molar-refractivity contribution < 1.29 is 9.21 Å². The monoisotopic (exact) mass is 395 g/mol. The zero-order valence-electron chi connectivity index (χ0n) is 15.7. The Morgan fingerprint density at radius 2 is 1.90 bits per heavy atom. The molecule has 2 aliphatic rings. The quantitative estimate of drug-likeness (QED) is 0.625. The van der Waals surface area contributed by atoms with E-state index in [1.165, 1.54) is 6.33 Å². The van der Waals surface area contributed by atoms with Crippen LogP contribution >= 0.6 is 0 Å². The molecule has 5 rings (SSSR count). The lowest BCUT2D eigenvalue weighted by molar-refractivity contribution is -0.133. The Kier molecular flexibility index (Phi) is 4.66. The highest BCUT2D eigenvalue weighted by atomic mass is 16.3. The van der Waals surface area contributed by atoms with E-state index in [2.05, 4.69) is 36.0 Å². The van der Waals surface area contributed by atoms with Crippen molar-refractivity contribution in [3.05, 3.63) is 48.9 Å². The minimum atomic E-state index is -0.251. The van der Waals surface area contributed by atoms with Crippen molar-refractivity contribution in [1.82, 2.24) is 40.7 Å². The number of nitrogens with zero attached hydrogens (tertiary/aromatic N) is 7. The molecule has 11 nitrogen and oxygen atoms in total. The van der Waals surface area contributed by atoms with E-state index < -0.39 is 0 Å². The largest absolute Gasteiger partial charge is 0.468 e. The van der Waals surface area contributed by atoms with E-state index in [4.69, 9.17) is 4.42 Å². The fourth-order valence-corrected chi connectivity index (χ4v) is 3.71. The lowest BCUT2D eigenvalue weighted by Gasteiger charge is -2.36. The van der Waals surface area contributed by atoms with E-state index in [1.54, 1.807) is 17.3 Å². The lowest BCUT2D eigenvalue weighted by Crippen LogP contribution is -2.53. The molecule has 0 radical (unpaired) electrons. The second-order valence-corrected chi connectivity index (χ2v) is 7.05. The van der Waals surface area contributed by atoms with E-state index in [0.29, 0.717) is 38.4 Å². The van der Waals surface area contributed by atoms with Gasteiger partial charge >= 0.3 is 0 Å². The summed E-state index contributed by atoms with van der Waals surface area (Å²) >= 11 is 0. The summed E-state index contributed by atoms with van der Waals surface area (Å²) in [5.74, 6) is 2.36. The molecule has 5 heterocycles. The number of nitrogens with one attached hydrogen (secondary N) is 2. The third-order valence-electron chi connectivity index (χ3n) is 5.29. The number of hydrogen-bond donors (Lipinski definition) is 2. The van der Waals surface area contributed by atoms with Crippen LogP contribution in [0.15, 0.2) is 47.6 Å². The van der Waals surface area contributed by atoms with Crippen molar-refractivity contribution in [2.45, 2.75) is 18.5 Å². The Hall–Kier alpha value is -3.31. The van der Waals surface area contributed by atoms with Crippen molar-refractivity contribution in [2.75, 3.05) is 31.1 Å². The Morgan fingerprint density at radius 1 is 1.07 bits per heavy atom. The first kappa shape index (κ1) is 17.8. The highest BCUT2D eigenvalue weighted by Gasteiger charge is 2.35. The van der Waals surface area contributed by atoms with Crippen molar-refractivity contribution in [3.63, 3.8) is 0 Å². The van der Waals surface area contributed by atoms with Gasteiger partial charge in [0.05, 0.1) is 12.3 Å². The van der Waals surface area contributed by atoms with Gasteiger partial charge in [-0.25, -0.2) is 20.5 Å². The molecule has 0 saturated carbocycles. The number of furan rings is 1. The summed E-state index contributed by atoms with van der Waals surface area (Å²) in [4.78, 5) is 20.8.